The third-order valence-corrected chi connectivity index (χ3v) is 5.51. The van der Waals surface area contributed by atoms with Gasteiger partial charge in [0.1, 0.15) is 0 Å². The van der Waals surface area contributed by atoms with Crippen molar-refractivity contribution in [2.75, 3.05) is 6.54 Å². The molecular weight excluding hydrogens is 302 g/mol. The summed E-state index contributed by atoms with van der Waals surface area (Å²) >= 11 is 1.62. The van der Waals surface area contributed by atoms with Gasteiger partial charge >= 0.3 is 0 Å². The van der Waals surface area contributed by atoms with Crippen LogP contribution in [0.15, 0.2) is 64.2 Å². The highest BCUT2D eigenvalue weighted by molar-refractivity contribution is 7.89. The Morgan fingerprint density at radius 1 is 1.00 bits per heavy atom. The molecule has 5 heteroatoms. The van der Waals surface area contributed by atoms with Crippen molar-refractivity contribution in [3.05, 3.63) is 64.9 Å². The fraction of sp³-hybridized carbons (Fsp3) is 0.125. The third-order valence-electron chi connectivity index (χ3n) is 3.32. The molecular formula is C16H15NO2S2. The zero-order valence-corrected chi connectivity index (χ0v) is 13.0. The van der Waals surface area contributed by atoms with Crippen LogP contribution >= 0.6 is 11.3 Å². The van der Waals surface area contributed by atoms with E-state index < -0.39 is 10.0 Å². The van der Waals surface area contributed by atoms with Crippen molar-refractivity contribution in [1.29, 1.82) is 0 Å². The summed E-state index contributed by atoms with van der Waals surface area (Å²) in [5.74, 6) is 0. The smallest absolute Gasteiger partial charge is 0.211 e. The fourth-order valence-electron chi connectivity index (χ4n) is 2.18. The molecule has 0 unspecified atom stereocenters. The lowest BCUT2D eigenvalue weighted by Crippen LogP contribution is -2.25. The SMILES string of the molecule is O=S(=O)(NCCc1ccsc1)c1ccc2ccccc2c1. The second kappa shape index (κ2) is 5.97. The van der Waals surface area contributed by atoms with Crippen molar-refractivity contribution in [3.63, 3.8) is 0 Å². The highest BCUT2D eigenvalue weighted by Crippen LogP contribution is 2.18. The Morgan fingerprint density at radius 2 is 1.81 bits per heavy atom. The molecule has 21 heavy (non-hydrogen) atoms. The van der Waals surface area contributed by atoms with Gasteiger partial charge in [-0.15, -0.1) is 0 Å². The summed E-state index contributed by atoms with van der Waals surface area (Å²) in [6, 6.07) is 14.9. The maximum Gasteiger partial charge on any atom is 0.240 e. The lowest BCUT2D eigenvalue weighted by atomic mass is 10.1. The van der Waals surface area contributed by atoms with Gasteiger partial charge in [-0.05, 0) is 51.7 Å². The largest absolute Gasteiger partial charge is 0.240 e. The maximum atomic E-state index is 12.3. The molecule has 3 rings (SSSR count). The summed E-state index contributed by atoms with van der Waals surface area (Å²) in [7, 11) is -3.45. The van der Waals surface area contributed by atoms with Crippen LogP contribution in [0.5, 0.6) is 0 Å². The molecule has 0 saturated heterocycles. The molecule has 3 aromatic rings. The predicted molar refractivity (Wildman–Crippen MR) is 87.2 cm³/mol. The Labute approximate surface area is 128 Å². The molecule has 0 bridgehead atoms. The van der Waals surface area contributed by atoms with Crippen molar-refractivity contribution < 1.29 is 8.42 Å². The van der Waals surface area contributed by atoms with Crippen molar-refractivity contribution in [2.24, 2.45) is 0 Å². The van der Waals surface area contributed by atoms with E-state index in [1.165, 1.54) is 0 Å². The second-order valence-corrected chi connectivity index (χ2v) is 7.34. The molecule has 0 aliphatic heterocycles. The van der Waals surface area contributed by atoms with E-state index in [2.05, 4.69) is 4.72 Å². The van der Waals surface area contributed by atoms with Crippen LogP contribution in [0.1, 0.15) is 5.56 Å². The predicted octanol–water partition coefficient (Wildman–Crippen LogP) is 3.42. The van der Waals surface area contributed by atoms with E-state index in [-0.39, 0.29) is 0 Å². The lowest BCUT2D eigenvalue weighted by molar-refractivity contribution is 0.582. The Hall–Kier alpha value is -1.69. The molecule has 0 fully saturated rings. The number of hydrogen-bond acceptors (Lipinski definition) is 3. The second-order valence-electron chi connectivity index (χ2n) is 4.79. The number of thiophene rings is 1. The van der Waals surface area contributed by atoms with Crippen molar-refractivity contribution in [3.8, 4) is 0 Å². The number of hydrogen-bond donors (Lipinski definition) is 1. The Morgan fingerprint density at radius 3 is 2.57 bits per heavy atom. The van der Waals surface area contributed by atoms with Gasteiger partial charge in [0.15, 0.2) is 0 Å². The van der Waals surface area contributed by atoms with Gasteiger partial charge in [-0.25, -0.2) is 13.1 Å². The summed E-state index contributed by atoms with van der Waals surface area (Å²) < 4.78 is 27.2. The van der Waals surface area contributed by atoms with Crippen molar-refractivity contribution >= 4 is 32.1 Å². The van der Waals surface area contributed by atoms with Gasteiger partial charge in [0.2, 0.25) is 10.0 Å². The van der Waals surface area contributed by atoms with Crippen LogP contribution < -0.4 is 4.72 Å². The van der Waals surface area contributed by atoms with Gasteiger partial charge in [0.25, 0.3) is 0 Å². The summed E-state index contributed by atoms with van der Waals surface area (Å²) in [4.78, 5) is 0.312. The van der Waals surface area contributed by atoms with E-state index in [9.17, 15) is 8.42 Å². The van der Waals surface area contributed by atoms with E-state index in [0.717, 1.165) is 16.3 Å². The standard InChI is InChI=1S/C16H15NO2S2/c18-21(19,17-9-7-13-8-10-20-12-13)16-6-5-14-3-1-2-4-15(14)11-16/h1-6,8,10-12,17H,7,9H2. The van der Waals surface area contributed by atoms with Gasteiger partial charge in [0, 0.05) is 6.54 Å². The minimum absolute atomic E-state index is 0.312. The van der Waals surface area contributed by atoms with E-state index >= 15 is 0 Å². The quantitative estimate of drug-likeness (QED) is 0.784. The summed E-state index contributed by atoms with van der Waals surface area (Å²) in [6.45, 7) is 0.409. The number of sulfonamides is 1. The van der Waals surface area contributed by atoms with Crippen molar-refractivity contribution in [2.45, 2.75) is 11.3 Å². The summed E-state index contributed by atoms with van der Waals surface area (Å²) in [6.07, 6.45) is 0.705. The number of nitrogens with one attached hydrogen (secondary N) is 1. The third kappa shape index (κ3) is 3.32. The van der Waals surface area contributed by atoms with Gasteiger partial charge in [-0.2, -0.15) is 11.3 Å². The minimum atomic E-state index is -3.45. The van der Waals surface area contributed by atoms with Crippen LogP contribution in [0.25, 0.3) is 10.8 Å². The first-order chi connectivity index (χ1) is 10.1. The topological polar surface area (TPSA) is 46.2 Å². The average molecular weight is 317 g/mol. The first kappa shape index (κ1) is 14.3. The molecule has 0 saturated carbocycles. The minimum Gasteiger partial charge on any atom is -0.211 e. The van der Waals surface area contributed by atoms with E-state index in [1.807, 2.05) is 47.2 Å². The molecule has 1 N–H and O–H groups in total. The highest BCUT2D eigenvalue weighted by Gasteiger charge is 2.13. The van der Waals surface area contributed by atoms with E-state index in [4.69, 9.17) is 0 Å². The highest BCUT2D eigenvalue weighted by atomic mass is 32.2. The number of benzene rings is 2. The molecule has 0 aliphatic carbocycles. The maximum absolute atomic E-state index is 12.3. The van der Waals surface area contributed by atoms with Gasteiger partial charge in [-0.3, -0.25) is 0 Å². The number of fused-ring (bicyclic) bond motifs is 1. The molecule has 0 atom stereocenters. The monoisotopic (exact) mass is 317 g/mol. The van der Waals surface area contributed by atoms with Crippen LogP contribution in [0.2, 0.25) is 0 Å². The zero-order valence-electron chi connectivity index (χ0n) is 11.3. The molecule has 0 radical (unpaired) electrons. The summed E-state index contributed by atoms with van der Waals surface area (Å²) in [5, 5.41) is 5.99. The van der Waals surface area contributed by atoms with Gasteiger partial charge < -0.3 is 0 Å². The van der Waals surface area contributed by atoms with E-state index in [1.54, 1.807) is 23.5 Å². The van der Waals surface area contributed by atoms with Gasteiger partial charge in [0.05, 0.1) is 4.90 Å². The normalized spacial score (nSPS) is 11.8. The van der Waals surface area contributed by atoms with Crippen LogP contribution in [-0.4, -0.2) is 15.0 Å². The van der Waals surface area contributed by atoms with Crippen LogP contribution in [-0.2, 0) is 16.4 Å². The molecule has 0 aliphatic rings. The molecule has 0 amide bonds. The van der Waals surface area contributed by atoms with Crippen LogP contribution in [0.4, 0.5) is 0 Å². The molecule has 2 aromatic carbocycles. The lowest BCUT2D eigenvalue weighted by Gasteiger charge is -2.07. The molecule has 0 spiro atoms. The first-order valence-electron chi connectivity index (χ1n) is 6.65. The molecule has 1 heterocycles. The zero-order chi connectivity index (χ0) is 14.7. The van der Waals surface area contributed by atoms with Crippen LogP contribution in [0.3, 0.4) is 0 Å². The van der Waals surface area contributed by atoms with Crippen molar-refractivity contribution in [1.82, 2.24) is 4.72 Å². The molecule has 108 valence electrons. The average Bonchev–Trinajstić information content (AvgIpc) is 3.00. The van der Waals surface area contributed by atoms with Crippen LogP contribution in [0, 0.1) is 0 Å². The first-order valence-corrected chi connectivity index (χ1v) is 9.07. The molecule has 1 aromatic heterocycles. The summed E-state index contributed by atoms with van der Waals surface area (Å²) in [5.41, 5.74) is 1.15. The van der Waals surface area contributed by atoms with E-state index in [0.29, 0.717) is 17.9 Å². The Balaban J connectivity index is 1.76. The Kier molecular flexibility index (Phi) is 4.05. The number of rotatable bonds is 5. The molecule has 3 nitrogen and oxygen atoms in total. The fourth-order valence-corrected chi connectivity index (χ4v) is 3.95. The van der Waals surface area contributed by atoms with Gasteiger partial charge in [-0.1, -0.05) is 30.3 Å². The Bertz CT molecular complexity index is 840.